The number of rotatable bonds is 6. The molecule has 5 heteroatoms. The number of aryl methyl sites for hydroxylation is 1. The van der Waals surface area contributed by atoms with Crippen LogP contribution in [0, 0.1) is 12.7 Å². The number of hydrogen-bond donors (Lipinski definition) is 1. The lowest BCUT2D eigenvalue weighted by Gasteiger charge is -2.12. The summed E-state index contributed by atoms with van der Waals surface area (Å²) in [6, 6.07) is 11.6. The Bertz CT molecular complexity index is 753. The quantitative estimate of drug-likeness (QED) is 0.652. The van der Waals surface area contributed by atoms with E-state index in [2.05, 4.69) is 0 Å². The Morgan fingerprint density at radius 1 is 1.25 bits per heavy atom. The Kier molecular flexibility index (Phi) is 6.09. The highest BCUT2D eigenvalue weighted by Gasteiger charge is 2.15. The van der Waals surface area contributed by atoms with Gasteiger partial charge in [0.2, 0.25) is 0 Å². The van der Waals surface area contributed by atoms with Gasteiger partial charge < -0.3 is 14.6 Å². The lowest BCUT2D eigenvalue weighted by atomic mass is 10.00. The molecule has 0 saturated carbocycles. The van der Waals surface area contributed by atoms with Crippen molar-refractivity contribution in [1.82, 2.24) is 0 Å². The van der Waals surface area contributed by atoms with E-state index in [0.717, 1.165) is 5.56 Å². The molecular weight excluding hydrogens is 311 g/mol. The van der Waals surface area contributed by atoms with Crippen molar-refractivity contribution < 1.29 is 23.8 Å². The average Bonchev–Trinajstić information content (AvgIpc) is 2.60. The first-order valence-corrected chi connectivity index (χ1v) is 7.43. The van der Waals surface area contributed by atoms with Crippen molar-refractivity contribution in [3.63, 3.8) is 0 Å². The van der Waals surface area contributed by atoms with Crippen molar-refractivity contribution in [1.29, 1.82) is 0 Å². The summed E-state index contributed by atoms with van der Waals surface area (Å²) in [7, 11) is 1.28. The van der Waals surface area contributed by atoms with Crippen LogP contribution >= 0.6 is 0 Å². The van der Waals surface area contributed by atoms with E-state index in [1.165, 1.54) is 19.3 Å². The maximum Gasteiger partial charge on any atom is 0.338 e. The molecule has 0 atom stereocenters. The molecule has 2 aromatic carbocycles. The highest BCUT2D eigenvalue weighted by Crippen LogP contribution is 2.26. The van der Waals surface area contributed by atoms with E-state index in [1.807, 2.05) is 6.92 Å². The second kappa shape index (κ2) is 8.26. The maximum atomic E-state index is 13.6. The van der Waals surface area contributed by atoms with Gasteiger partial charge in [-0.2, -0.15) is 0 Å². The maximum absolute atomic E-state index is 13.6. The van der Waals surface area contributed by atoms with Gasteiger partial charge in [0.15, 0.2) is 0 Å². The van der Waals surface area contributed by atoms with Gasteiger partial charge in [-0.3, -0.25) is 0 Å². The third-order valence-corrected chi connectivity index (χ3v) is 3.55. The molecule has 0 aliphatic carbocycles. The van der Waals surface area contributed by atoms with Crippen molar-refractivity contribution in [3.05, 3.63) is 71.0 Å². The van der Waals surface area contributed by atoms with E-state index < -0.39 is 5.97 Å². The molecule has 0 aliphatic heterocycles. The van der Waals surface area contributed by atoms with Crippen LogP contribution in [0.15, 0.2) is 48.5 Å². The number of benzene rings is 2. The molecule has 2 rings (SSSR count). The van der Waals surface area contributed by atoms with Gasteiger partial charge in [-0.25, -0.2) is 9.18 Å². The molecule has 0 unspecified atom stereocenters. The molecule has 126 valence electrons. The van der Waals surface area contributed by atoms with Gasteiger partial charge in [0.1, 0.15) is 18.2 Å². The van der Waals surface area contributed by atoms with Crippen molar-refractivity contribution in [3.8, 4) is 5.75 Å². The molecule has 2 aromatic rings. The molecule has 0 aromatic heterocycles. The first-order valence-electron chi connectivity index (χ1n) is 7.43. The van der Waals surface area contributed by atoms with Gasteiger partial charge in [0, 0.05) is 5.56 Å². The van der Waals surface area contributed by atoms with E-state index >= 15 is 0 Å². The van der Waals surface area contributed by atoms with Crippen LogP contribution < -0.4 is 4.74 Å². The minimum atomic E-state index is -0.543. The molecule has 0 spiro atoms. The van der Waals surface area contributed by atoms with Crippen LogP contribution in [-0.4, -0.2) is 24.8 Å². The van der Waals surface area contributed by atoms with Crippen LogP contribution in [0.4, 0.5) is 4.39 Å². The van der Waals surface area contributed by atoms with E-state index in [4.69, 9.17) is 14.6 Å². The molecule has 0 fully saturated rings. The van der Waals surface area contributed by atoms with Crippen LogP contribution in [0.25, 0.3) is 5.57 Å². The zero-order valence-electron chi connectivity index (χ0n) is 13.6. The van der Waals surface area contributed by atoms with Crippen LogP contribution in [-0.2, 0) is 16.1 Å². The summed E-state index contributed by atoms with van der Waals surface area (Å²) in [6.07, 6.45) is 1.38. The van der Waals surface area contributed by atoms with Gasteiger partial charge >= 0.3 is 5.97 Å². The van der Waals surface area contributed by atoms with Crippen LogP contribution in [0.2, 0.25) is 0 Å². The number of aliphatic hydroxyl groups is 1. The topological polar surface area (TPSA) is 55.8 Å². The van der Waals surface area contributed by atoms with Crippen molar-refractivity contribution in [2.75, 3.05) is 13.7 Å². The van der Waals surface area contributed by atoms with Crippen molar-refractivity contribution >= 4 is 11.5 Å². The summed E-state index contributed by atoms with van der Waals surface area (Å²) in [5.41, 5.74) is 2.13. The lowest BCUT2D eigenvalue weighted by Crippen LogP contribution is -2.07. The van der Waals surface area contributed by atoms with E-state index in [1.54, 1.807) is 36.4 Å². The molecule has 0 saturated heterocycles. The van der Waals surface area contributed by atoms with Gasteiger partial charge in [-0.05, 0) is 42.3 Å². The standard InChI is InChI=1S/C19H19FO4/c1-13-7-8-15(24-12-14-5-3-4-6-18(14)20)11-17(13)16(9-10-21)19(22)23-2/h3-9,11,21H,10,12H2,1-2H3/b16-9+. The van der Waals surface area contributed by atoms with Crippen LogP contribution in [0.3, 0.4) is 0 Å². The van der Waals surface area contributed by atoms with E-state index in [9.17, 15) is 9.18 Å². The summed E-state index contributed by atoms with van der Waals surface area (Å²) < 4.78 is 24.0. The highest BCUT2D eigenvalue weighted by atomic mass is 19.1. The predicted molar refractivity (Wildman–Crippen MR) is 89.0 cm³/mol. The van der Waals surface area contributed by atoms with E-state index in [0.29, 0.717) is 16.9 Å². The van der Waals surface area contributed by atoms with Crippen LogP contribution in [0.5, 0.6) is 5.75 Å². The smallest absolute Gasteiger partial charge is 0.338 e. The van der Waals surface area contributed by atoms with E-state index in [-0.39, 0.29) is 24.6 Å². The SMILES string of the molecule is COC(=O)/C(=C/CO)c1cc(OCc2ccccc2F)ccc1C. The number of carbonyl (C=O) groups is 1. The molecule has 0 amide bonds. The second-order valence-corrected chi connectivity index (χ2v) is 5.15. The Morgan fingerprint density at radius 3 is 2.67 bits per heavy atom. The van der Waals surface area contributed by atoms with Crippen LogP contribution in [0.1, 0.15) is 16.7 Å². The number of halogens is 1. The van der Waals surface area contributed by atoms with Gasteiger partial charge in [0.05, 0.1) is 19.3 Å². The first-order chi connectivity index (χ1) is 11.6. The summed E-state index contributed by atoms with van der Waals surface area (Å²) in [6.45, 7) is 1.63. The normalized spacial score (nSPS) is 11.2. The molecule has 0 heterocycles. The molecule has 0 radical (unpaired) electrons. The lowest BCUT2D eigenvalue weighted by molar-refractivity contribution is -0.133. The number of methoxy groups -OCH3 is 1. The fourth-order valence-corrected chi connectivity index (χ4v) is 2.26. The average molecular weight is 330 g/mol. The largest absolute Gasteiger partial charge is 0.489 e. The van der Waals surface area contributed by atoms with Gasteiger partial charge in [-0.15, -0.1) is 0 Å². The third-order valence-electron chi connectivity index (χ3n) is 3.55. The summed E-state index contributed by atoms with van der Waals surface area (Å²) >= 11 is 0. The first kappa shape index (κ1) is 17.7. The molecule has 4 nitrogen and oxygen atoms in total. The summed E-state index contributed by atoms with van der Waals surface area (Å²) in [5, 5.41) is 9.13. The Hall–Kier alpha value is -2.66. The zero-order chi connectivity index (χ0) is 17.5. The second-order valence-electron chi connectivity index (χ2n) is 5.15. The highest BCUT2D eigenvalue weighted by molar-refractivity contribution is 6.16. The molecular formula is C19H19FO4. The van der Waals surface area contributed by atoms with Crippen molar-refractivity contribution in [2.45, 2.75) is 13.5 Å². The Morgan fingerprint density at radius 2 is 2.00 bits per heavy atom. The number of esters is 1. The van der Waals surface area contributed by atoms with Gasteiger partial charge in [-0.1, -0.05) is 24.3 Å². The molecule has 0 aliphatic rings. The third kappa shape index (κ3) is 4.20. The number of carbonyl (C=O) groups excluding carboxylic acids is 1. The predicted octanol–water partition coefficient (Wildman–Crippen LogP) is 3.26. The molecule has 24 heavy (non-hydrogen) atoms. The summed E-state index contributed by atoms with van der Waals surface area (Å²) in [5.74, 6) is -0.384. The zero-order valence-corrected chi connectivity index (χ0v) is 13.6. The Balaban J connectivity index is 2.26. The number of ether oxygens (including phenoxy) is 2. The monoisotopic (exact) mass is 330 g/mol. The fourth-order valence-electron chi connectivity index (χ4n) is 2.26. The number of hydrogen-bond acceptors (Lipinski definition) is 4. The summed E-state index contributed by atoms with van der Waals surface area (Å²) in [4.78, 5) is 11.9. The number of aliphatic hydroxyl groups excluding tert-OH is 1. The van der Waals surface area contributed by atoms with Crippen molar-refractivity contribution in [2.24, 2.45) is 0 Å². The minimum Gasteiger partial charge on any atom is -0.489 e. The van der Waals surface area contributed by atoms with Gasteiger partial charge in [0.25, 0.3) is 0 Å². The molecule has 1 N–H and O–H groups in total. The fraction of sp³-hybridized carbons (Fsp3) is 0.211. The Labute approximate surface area is 140 Å². The minimum absolute atomic E-state index is 0.0758. The molecule has 0 bridgehead atoms.